The number of methoxy groups -OCH3 is 1. The molecule has 0 aliphatic rings. The second-order valence-corrected chi connectivity index (χ2v) is 2.92. The Kier molecular flexibility index (Phi) is 2.82. The molecule has 2 heterocycles. The van der Waals surface area contributed by atoms with Crippen LogP contribution in [0.5, 0.6) is 5.75 Å². The molecule has 2 aromatic heterocycles. The monoisotopic (exact) mass is 205 g/mol. The zero-order valence-electron chi connectivity index (χ0n) is 8.30. The summed E-state index contributed by atoms with van der Waals surface area (Å²) < 4.78 is 9.94. The summed E-state index contributed by atoms with van der Waals surface area (Å²) in [5.74, 6) is 2.28. The average molecular weight is 205 g/mol. The zero-order valence-corrected chi connectivity index (χ0v) is 8.30. The maximum absolute atomic E-state index is 5.00. The Bertz CT molecular complexity index is 397. The van der Waals surface area contributed by atoms with E-state index in [0.717, 1.165) is 17.3 Å². The van der Waals surface area contributed by atoms with Crippen molar-refractivity contribution in [3.63, 3.8) is 0 Å². The highest BCUT2D eigenvalue weighted by molar-refractivity contribution is 5.37. The van der Waals surface area contributed by atoms with E-state index < -0.39 is 0 Å². The molecule has 0 aromatic carbocycles. The molecule has 0 atom stereocenters. The Hall–Kier alpha value is -2.04. The first-order valence-electron chi connectivity index (χ1n) is 4.52. The topological polar surface area (TPSA) is 60.2 Å². The molecule has 78 valence electrons. The van der Waals surface area contributed by atoms with Crippen molar-refractivity contribution < 1.29 is 9.26 Å². The summed E-state index contributed by atoms with van der Waals surface area (Å²) in [5.41, 5.74) is 0. The van der Waals surface area contributed by atoms with Gasteiger partial charge in [0.1, 0.15) is 11.6 Å². The van der Waals surface area contributed by atoms with E-state index in [1.807, 2.05) is 12.1 Å². The number of pyridine rings is 1. The highest BCUT2D eigenvalue weighted by Crippen LogP contribution is 2.11. The van der Waals surface area contributed by atoms with E-state index in [-0.39, 0.29) is 0 Å². The van der Waals surface area contributed by atoms with Gasteiger partial charge in [-0.25, -0.2) is 4.98 Å². The third kappa shape index (κ3) is 2.46. The minimum absolute atomic E-state index is 0.569. The van der Waals surface area contributed by atoms with Crippen LogP contribution in [0.15, 0.2) is 35.1 Å². The van der Waals surface area contributed by atoms with Crippen LogP contribution in [0.25, 0.3) is 0 Å². The van der Waals surface area contributed by atoms with E-state index in [2.05, 4.69) is 15.5 Å². The maximum Gasteiger partial charge on any atom is 0.155 e. The van der Waals surface area contributed by atoms with E-state index in [1.54, 1.807) is 25.6 Å². The molecule has 0 amide bonds. The largest absolute Gasteiger partial charge is 0.495 e. The van der Waals surface area contributed by atoms with Gasteiger partial charge in [-0.1, -0.05) is 5.16 Å². The lowest BCUT2D eigenvalue weighted by Crippen LogP contribution is -2.00. The summed E-state index contributed by atoms with van der Waals surface area (Å²) in [5, 5.41) is 6.70. The normalized spacial score (nSPS) is 9.93. The van der Waals surface area contributed by atoms with Gasteiger partial charge in [-0.05, 0) is 12.1 Å². The van der Waals surface area contributed by atoms with Crippen LogP contribution in [-0.4, -0.2) is 17.3 Å². The lowest BCUT2D eigenvalue weighted by Gasteiger charge is -2.03. The number of anilines is 1. The molecule has 2 rings (SSSR count). The third-order valence-corrected chi connectivity index (χ3v) is 1.91. The molecule has 0 fully saturated rings. The van der Waals surface area contributed by atoms with Crippen molar-refractivity contribution in [1.82, 2.24) is 10.1 Å². The van der Waals surface area contributed by atoms with Crippen LogP contribution in [0.4, 0.5) is 5.82 Å². The number of hydrogen-bond acceptors (Lipinski definition) is 5. The van der Waals surface area contributed by atoms with Gasteiger partial charge in [-0.3, -0.25) is 0 Å². The lowest BCUT2D eigenvalue weighted by molar-refractivity contribution is 0.388. The summed E-state index contributed by atoms with van der Waals surface area (Å²) in [7, 11) is 1.61. The van der Waals surface area contributed by atoms with Crippen LogP contribution >= 0.6 is 0 Å². The Morgan fingerprint density at radius 1 is 1.40 bits per heavy atom. The molecule has 0 unspecified atom stereocenters. The van der Waals surface area contributed by atoms with Gasteiger partial charge in [0, 0.05) is 6.07 Å². The first kappa shape index (κ1) is 9.51. The van der Waals surface area contributed by atoms with E-state index in [4.69, 9.17) is 9.26 Å². The van der Waals surface area contributed by atoms with Crippen LogP contribution in [0.3, 0.4) is 0 Å². The first-order valence-corrected chi connectivity index (χ1v) is 4.52. The van der Waals surface area contributed by atoms with Crippen molar-refractivity contribution in [3.8, 4) is 5.75 Å². The van der Waals surface area contributed by atoms with E-state index >= 15 is 0 Å². The summed E-state index contributed by atoms with van der Waals surface area (Å²) >= 11 is 0. The van der Waals surface area contributed by atoms with Crippen LogP contribution in [0.2, 0.25) is 0 Å². The van der Waals surface area contributed by atoms with Gasteiger partial charge in [0.2, 0.25) is 0 Å². The smallest absolute Gasteiger partial charge is 0.155 e. The molecule has 0 saturated carbocycles. The van der Waals surface area contributed by atoms with Crippen molar-refractivity contribution in [3.05, 3.63) is 36.4 Å². The van der Waals surface area contributed by atoms with Gasteiger partial charge in [0.25, 0.3) is 0 Å². The van der Waals surface area contributed by atoms with Gasteiger partial charge in [0.15, 0.2) is 5.76 Å². The Morgan fingerprint density at radius 2 is 2.33 bits per heavy atom. The minimum atomic E-state index is 0.569. The molecule has 0 spiro atoms. The Morgan fingerprint density at radius 3 is 2.93 bits per heavy atom. The number of aromatic nitrogens is 2. The Labute approximate surface area is 87.1 Å². The molecule has 0 aliphatic heterocycles. The lowest BCUT2D eigenvalue weighted by atomic mass is 10.4. The molecule has 0 radical (unpaired) electrons. The van der Waals surface area contributed by atoms with Gasteiger partial charge in [0.05, 0.1) is 26.0 Å². The SMILES string of the molecule is COc1ccc(NCc2ccno2)nc1. The number of nitrogens with one attached hydrogen (secondary N) is 1. The molecular formula is C10H11N3O2. The molecule has 0 saturated heterocycles. The van der Waals surface area contributed by atoms with Crippen molar-refractivity contribution in [2.75, 3.05) is 12.4 Å². The molecule has 1 N–H and O–H groups in total. The second kappa shape index (κ2) is 4.45. The highest BCUT2D eigenvalue weighted by atomic mass is 16.5. The molecule has 0 bridgehead atoms. The maximum atomic E-state index is 5.00. The predicted octanol–water partition coefficient (Wildman–Crippen LogP) is 1.69. The number of nitrogens with zero attached hydrogens (tertiary/aromatic N) is 2. The van der Waals surface area contributed by atoms with Gasteiger partial charge in [-0.2, -0.15) is 0 Å². The average Bonchev–Trinajstić information content (AvgIpc) is 2.80. The quantitative estimate of drug-likeness (QED) is 0.823. The second-order valence-electron chi connectivity index (χ2n) is 2.92. The molecule has 2 aromatic rings. The first-order chi connectivity index (χ1) is 7.38. The molecule has 15 heavy (non-hydrogen) atoms. The fourth-order valence-corrected chi connectivity index (χ4v) is 1.12. The zero-order chi connectivity index (χ0) is 10.5. The van der Waals surface area contributed by atoms with Gasteiger partial charge >= 0.3 is 0 Å². The van der Waals surface area contributed by atoms with Crippen molar-refractivity contribution in [1.29, 1.82) is 0 Å². The van der Waals surface area contributed by atoms with Crippen LogP contribution in [-0.2, 0) is 6.54 Å². The summed E-state index contributed by atoms with van der Waals surface area (Å²) in [6.07, 6.45) is 3.27. The van der Waals surface area contributed by atoms with Crippen LogP contribution in [0.1, 0.15) is 5.76 Å². The summed E-state index contributed by atoms with van der Waals surface area (Å²) in [6.45, 7) is 0.569. The van der Waals surface area contributed by atoms with Crippen LogP contribution < -0.4 is 10.1 Å². The van der Waals surface area contributed by atoms with Gasteiger partial charge in [-0.15, -0.1) is 0 Å². The third-order valence-electron chi connectivity index (χ3n) is 1.91. The minimum Gasteiger partial charge on any atom is -0.495 e. The number of hydrogen-bond donors (Lipinski definition) is 1. The van der Waals surface area contributed by atoms with E-state index in [1.165, 1.54) is 0 Å². The van der Waals surface area contributed by atoms with Gasteiger partial charge < -0.3 is 14.6 Å². The van der Waals surface area contributed by atoms with Crippen molar-refractivity contribution in [2.45, 2.75) is 6.54 Å². The predicted molar refractivity (Wildman–Crippen MR) is 54.6 cm³/mol. The van der Waals surface area contributed by atoms with E-state index in [0.29, 0.717) is 6.54 Å². The molecule has 0 aliphatic carbocycles. The van der Waals surface area contributed by atoms with E-state index in [9.17, 15) is 0 Å². The number of ether oxygens (including phenoxy) is 1. The fourth-order valence-electron chi connectivity index (χ4n) is 1.12. The summed E-state index contributed by atoms with van der Waals surface area (Å²) in [6, 6.07) is 5.49. The van der Waals surface area contributed by atoms with Crippen molar-refractivity contribution >= 4 is 5.82 Å². The number of rotatable bonds is 4. The molecule has 5 heteroatoms. The standard InChI is InChI=1S/C10H11N3O2/c1-14-8-2-3-10(11-6-8)12-7-9-4-5-13-15-9/h2-6H,7H2,1H3,(H,11,12). The van der Waals surface area contributed by atoms with Crippen LogP contribution in [0, 0.1) is 0 Å². The highest BCUT2D eigenvalue weighted by Gasteiger charge is 1.98. The fraction of sp³-hybridized carbons (Fsp3) is 0.200. The summed E-state index contributed by atoms with van der Waals surface area (Å²) in [4.78, 5) is 4.15. The Balaban J connectivity index is 1.93. The van der Waals surface area contributed by atoms with Crippen molar-refractivity contribution in [2.24, 2.45) is 0 Å². The molecule has 5 nitrogen and oxygen atoms in total. The molecular weight excluding hydrogens is 194 g/mol.